The van der Waals surface area contributed by atoms with Crippen LogP contribution in [-0.4, -0.2) is 52.9 Å². The van der Waals surface area contributed by atoms with Gasteiger partial charge in [-0.3, -0.25) is 15.0 Å². The molecule has 0 aromatic heterocycles. The highest BCUT2D eigenvalue weighted by Gasteiger charge is 2.34. The van der Waals surface area contributed by atoms with Crippen LogP contribution in [0.4, 0.5) is 5.69 Å². The molecule has 0 saturated carbocycles. The summed E-state index contributed by atoms with van der Waals surface area (Å²) < 4.78 is 29.1. The minimum atomic E-state index is -4.22. The van der Waals surface area contributed by atoms with Crippen molar-refractivity contribution < 1.29 is 18.4 Å². The van der Waals surface area contributed by atoms with E-state index in [-0.39, 0.29) is 28.9 Å². The average Bonchev–Trinajstić information content (AvgIpc) is 3.00. The number of aliphatic hydroxyl groups excluding tert-OH is 1. The van der Waals surface area contributed by atoms with Crippen molar-refractivity contribution in [2.45, 2.75) is 50.4 Å². The van der Waals surface area contributed by atoms with Gasteiger partial charge in [0.15, 0.2) is 0 Å². The summed E-state index contributed by atoms with van der Waals surface area (Å²) in [5, 5.41) is 23.4. The number of sulfonamides is 1. The van der Waals surface area contributed by atoms with Crippen LogP contribution < -0.4 is 0 Å². The molecule has 4 aromatic rings. The Kier molecular flexibility index (Phi) is 11.7. The Morgan fingerprint density at radius 2 is 1.30 bits per heavy atom. The number of aliphatic hydroxyl groups is 1. The normalized spacial score (nSPS) is 13.3. The van der Waals surface area contributed by atoms with Gasteiger partial charge in [0.2, 0.25) is 10.0 Å². The number of hydrogen-bond donors (Lipinski definition) is 1. The monoisotopic (exact) mass is 635 g/mol. The van der Waals surface area contributed by atoms with Crippen LogP contribution in [0.2, 0.25) is 5.02 Å². The molecular formula is C34H38ClN3O5S. The minimum Gasteiger partial charge on any atom is -0.390 e. The molecule has 0 saturated heterocycles. The number of nitrogens with zero attached hydrogens (tertiary/aromatic N) is 3. The quantitative estimate of drug-likeness (QED) is 0.117. The van der Waals surface area contributed by atoms with Gasteiger partial charge < -0.3 is 5.11 Å². The first-order valence-electron chi connectivity index (χ1n) is 14.5. The first kappa shape index (κ1) is 33.3. The fourth-order valence-corrected chi connectivity index (χ4v) is 7.07. The molecule has 44 heavy (non-hydrogen) atoms. The van der Waals surface area contributed by atoms with E-state index in [2.05, 4.69) is 4.90 Å². The Morgan fingerprint density at radius 3 is 1.77 bits per heavy atom. The lowest BCUT2D eigenvalue weighted by molar-refractivity contribution is -0.384. The summed E-state index contributed by atoms with van der Waals surface area (Å²) in [6.07, 6.45) is -0.623. The molecule has 0 aliphatic rings. The molecule has 0 fully saturated rings. The maximum Gasteiger partial charge on any atom is 0.289 e. The van der Waals surface area contributed by atoms with Gasteiger partial charge in [-0.05, 0) is 41.2 Å². The average molecular weight is 636 g/mol. The van der Waals surface area contributed by atoms with Crippen LogP contribution in [0.25, 0.3) is 0 Å². The third kappa shape index (κ3) is 8.97. The second kappa shape index (κ2) is 15.4. The van der Waals surface area contributed by atoms with E-state index in [1.165, 1.54) is 16.4 Å². The molecule has 4 aromatic carbocycles. The molecule has 0 aliphatic carbocycles. The Labute approximate surface area is 264 Å². The van der Waals surface area contributed by atoms with Crippen molar-refractivity contribution in [2.24, 2.45) is 5.92 Å². The summed E-state index contributed by atoms with van der Waals surface area (Å²) in [5.41, 5.74) is 2.65. The summed E-state index contributed by atoms with van der Waals surface area (Å²) >= 11 is 5.98. The zero-order chi connectivity index (χ0) is 31.7. The Bertz CT molecular complexity index is 1560. The Hall–Kier alpha value is -3.60. The third-order valence-corrected chi connectivity index (χ3v) is 9.52. The standard InChI is InChI=1S/C34H38ClN3O5S/c1-26(2)22-37(44(42,43)30-18-19-31(35)32(21-30)38(40)41)25-34(39)33(20-27-12-6-3-7-13-27)36(23-28-14-8-4-9-15-28)24-29-16-10-5-11-17-29/h3-19,21,26,33-34,39H,20,22-25H2,1-2H3. The van der Waals surface area contributed by atoms with Gasteiger partial charge >= 0.3 is 0 Å². The molecule has 232 valence electrons. The topological polar surface area (TPSA) is 104 Å². The van der Waals surface area contributed by atoms with Crippen molar-refractivity contribution in [3.05, 3.63) is 141 Å². The van der Waals surface area contributed by atoms with Crippen LogP contribution in [0.1, 0.15) is 30.5 Å². The van der Waals surface area contributed by atoms with E-state index in [9.17, 15) is 23.6 Å². The van der Waals surface area contributed by atoms with Gasteiger partial charge in [-0.15, -0.1) is 0 Å². The fourth-order valence-electron chi connectivity index (χ4n) is 5.24. The number of halogens is 1. The highest BCUT2D eigenvalue weighted by atomic mass is 35.5. The van der Waals surface area contributed by atoms with Gasteiger partial charge in [0.05, 0.1) is 15.9 Å². The number of nitro groups is 1. The Balaban J connectivity index is 1.73. The summed E-state index contributed by atoms with van der Waals surface area (Å²) in [6, 6.07) is 32.8. The first-order chi connectivity index (χ1) is 21.0. The van der Waals surface area contributed by atoms with Gasteiger partial charge in [-0.25, -0.2) is 8.42 Å². The molecule has 0 heterocycles. The molecule has 1 N–H and O–H groups in total. The zero-order valence-electron chi connectivity index (χ0n) is 24.9. The van der Waals surface area contributed by atoms with E-state index in [1.54, 1.807) is 0 Å². The van der Waals surface area contributed by atoms with Crippen LogP contribution >= 0.6 is 11.6 Å². The highest BCUT2D eigenvalue weighted by Crippen LogP contribution is 2.30. The third-order valence-electron chi connectivity index (χ3n) is 7.37. The molecule has 10 heteroatoms. The lowest BCUT2D eigenvalue weighted by Gasteiger charge is -2.37. The minimum absolute atomic E-state index is 0.0726. The lowest BCUT2D eigenvalue weighted by atomic mass is 9.97. The van der Waals surface area contributed by atoms with E-state index in [0.717, 1.165) is 22.8 Å². The van der Waals surface area contributed by atoms with Crippen molar-refractivity contribution in [1.82, 2.24) is 9.21 Å². The van der Waals surface area contributed by atoms with Crippen molar-refractivity contribution in [2.75, 3.05) is 13.1 Å². The highest BCUT2D eigenvalue weighted by molar-refractivity contribution is 7.89. The molecule has 0 radical (unpaired) electrons. The van der Waals surface area contributed by atoms with E-state index >= 15 is 0 Å². The lowest BCUT2D eigenvalue weighted by Crippen LogP contribution is -2.50. The molecule has 0 amide bonds. The van der Waals surface area contributed by atoms with E-state index < -0.39 is 32.8 Å². The zero-order valence-corrected chi connectivity index (χ0v) is 26.4. The van der Waals surface area contributed by atoms with Crippen molar-refractivity contribution in [3.8, 4) is 0 Å². The predicted molar refractivity (Wildman–Crippen MR) is 174 cm³/mol. The number of rotatable bonds is 15. The predicted octanol–water partition coefficient (Wildman–Crippen LogP) is 6.57. The molecule has 2 unspecified atom stereocenters. The SMILES string of the molecule is CC(C)CN(CC(O)C(Cc1ccccc1)N(Cc1ccccc1)Cc1ccccc1)S(=O)(=O)c1ccc(Cl)c([N+](=O)[O-])c1. The molecule has 0 spiro atoms. The van der Waals surface area contributed by atoms with Crippen LogP contribution in [-0.2, 0) is 29.5 Å². The van der Waals surface area contributed by atoms with Crippen molar-refractivity contribution in [3.63, 3.8) is 0 Å². The summed E-state index contributed by atoms with van der Waals surface area (Å²) in [6.45, 7) is 4.75. The van der Waals surface area contributed by atoms with Crippen LogP contribution in [0.5, 0.6) is 0 Å². The largest absolute Gasteiger partial charge is 0.390 e. The summed E-state index contributed by atoms with van der Waals surface area (Å²) in [5.74, 6) is -0.0726. The molecule has 4 rings (SSSR count). The first-order valence-corrected chi connectivity index (χ1v) is 16.3. The number of hydrogen-bond acceptors (Lipinski definition) is 6. The van der Waals surface area contributed by atoms with E-state index in [4.69, 9.17) is 11.6 Å². The summed E-state index contributed by atoms with van der Waals surface area (Å²) in [7, 11) is -4.22. The Morgan fingerprint density at radius 1 is 0.795 bits per heavy atom. The molecule has 0 aliphatic heterocycles. The molecule has 8 nitrogen and oxygen atoms in total. The second-order valence-corrected chi connectivity index (χ2v) is 13.6. The van der Waals surface area contributed by atoms with Gasteiger partial charge in [0, 0.05) is 38.3 Å². The molecular weight excluding hydrogens is 598 g/mol. The van der Waals surface area contributed by atoms with E-state index in [1.807, 2.05) is 105 Å². The van der Waals surface area contributed by atoms with Crippen LogP contribution in [0, 0.1) is 16.0 Å². The van der Waals surface area contributed by atoms with Crippen molar-refractivity contribution >= 4 is 27.3 Å². The maximum atomic E-state index is 14.0. The second-order valence-electron chi connectivity index (χ2n) is 11.3. The van der Waals surface area contributed by atoms with Crippen LogP contribution in [0.3, 0.4) is 0 Å². The molecule has 2 atom stereocenters. The van der Waals surface area contributed by atoms with Crippen molar-refractivity contribution in [1.29, 1.82) is 0 Å². The van der Waals surface area contributed by atoms with Gasteiger partial charge in [-0.2, -0.15) is 4.31 Å². The van der Waals surface area contributed by atoms with Crippen LogP contribution in [0.15, 0.2) is 114 Å². The number of benzene rings is 4. The van der Waals surface area contributed by atoms with Gasteiger partial charge in [0.1, 0.15) is 5.02 Å². The summed E-state index contributed by atoms with van der Waals surface area (Å²) in [4.78, 5) is 12.8. The maximum absolute atomic E-state index is 14.0. The fraction of sp³-hybridized carbons (Fsp3) is 0.294. The smallest absolute Gasteiger partial charge is 0.289 e. The van der Waals surface area contributed by atoms with Gasteiger partial charge in [0.25, 0.3) is 5.69 Å². The number of nitro benzene ring substituents is 1. The van der Waals surface area contributed by atoms with Gasteiger partial charge in [-0.1, -0.05) is 116 Å². The van der Waals surface area contributed by atoms with E-state index in [0.29, 0.717) is 19.5 Å². The molecule has 0 bridgehead atoms.